The molecule has 0 heterocycles. The van der Waals surface area contributed by atoms with Crippen LogP contribution in [0.4, 0.5) is 0 Å². The molecule has 0 bridgehead atoms. The molecule has 1 aromatic rings. The standard InChI is InChI=1S/C16H26N2O/c1-4-11-17-12-10-16(19)18(14(2)3)13-15-8-6-5-7-9-15/h5-9,14,17H,4,10-13H2,1-3H3. The molecule has 0 aromatic heterocycles. The molecule has 19 heavy (non-hydrogen) atoms. The summed E-state index contributed by atoms with van der Waals surface area (Å²) in [6.07, 6.45) is 1.68. The average molecular weight is 262 g/mol. The smallest absolute Gasteiger partial charge is 0.224 e. The number of carbonyl (C=O) groups is 1. The van der Waals surface area contributed by atoms with Crippen LogP contribution in [0.3, 0.4) is 0 Å². The first-order valence-corrected chi connectivity index (χ1v) is 7.19. The minimum Gasteiger partial charge on any atom is -0.336 e. The number of nitrogens with one attached hydrogen (secondary N) is 1. The molecule has 0 atom stereocenters. The summed E-state index contributed by atoms with van der Waals surface area (Å²) in [7, 11) is 0. The molecule has 1 aromatic carbocycles. The molecule has 0 unspecified atom stereocenters. The molecule has 0 fully saturated rings. The molecule has 0 saturated carbocycles. The van der Waals surface area contributed by atoms with Gasteiger partial charge in [-0.3, -0.25) is 4.79 Å². The quantitative estimate of drug-likeness (QED) is 0.731. The molecule has 1 N–H and O–H groups in total. The van der Waals surface area contributed by atoms with Crippen molar-refractivity contribution in [3.05, 3.63) is 35.9 Å². The summed E-state index contributed by atoms with van der Waals surface area (Å²) in [5.41, 5.74) is 1.19. The summed E-state index contributed by atoms with van der Waals surface area (Å²) in [5.74, 6) is 0.224. The number of rotatable bonds is 8. The van der Waals surface area contributed by atoms with Crippen molar-refractivity contribution >= 4 is 5.91 Å². The van der Waals surface area contributed by atoms with Gasteiger partial charge in [-0.15, -0.1) is 0 Å². The van der Waals surface area contributed by atoms with Crippen LogP contribution in [0.1, 0.15) is 39.2 Å². The molecule has 0 aliphatic rings. The SMILES string of the molecule is CCCNCCC(=O)N(Cc1ccccc1)C(C)C. The van der Waals surface area contributed by atoms with Crippen LogP contribution in [0.15, 0.2) is 30.3 Å². The topological polar surface area (TPSA) is 32.3 Å². The van der Waals surface area contributed by atoms with E-state index in [9.17, 15) is 4.79 Å². The molecular formula is C16H26N2O. The number of hydrogen-bond donors (Lipinski definition) is 1. The first-order chi connectivity index (χ1) is 9.15. The molecular weight excluding hydrogens is 236 g/mol. The zero-order chi connectivity index (χ0) is 14.1. The highest BCUT2D eigenvalue weighted by atomic mass is 16.2. The van der Waals surface area contributed by atoms with Gasteiger partial charge in [-0.2, -0.15) is 0 Å². The zero-order valence-corrected chi connectivity index (χ0v) is 12.4. The lowest BCUT2D eigenvalue weighted by Gasteiger charge is -2.27. The lowest BCUT2D eigenvalue weighted by Crippen LogP contribution is -2.37. The number of carbonyl (C=O) groups excluding carboxylic acids is 1. The maximum atomic E-state index is 12.2. The Labute approximate surface area is 117 Å². The normalized spacial score (nSPS) is 10.7. The van der Waals surface area contributed by atoms with Gasteiger partial charge in [-0.05, 0) is 32.4 Å². The first-order valence-electron chi connectivity index (χ1n) is 7.19. The Hall–Kier alpha value is -1.35. The Morgan fingerprint density at radius 2 is 1.89 bits per heavy atom. The molecule has 0 aliphatic carbocycles. The fourth-order valence-corrected chi connectivity index (χ4v) is 1.98. The Morgan fingerprint density at radius 3 is 2.47 bits per heavy atom. The number of benzene rings is 1. The zero-order valence-electron chi connectivity index (χ0n) is 12.4. The van der Waals surface area contributed by atoms with Gasteiger partial charge < -0.3 is 10.2 Å². The van der Waals surface area contributed by atoms with Crippen LogP contribution in [0, 0.1) is 0 Å². The predicted octanol–water partition coefficient (Wildman–Crippen LogP) is 2.81. The molecule has 0 saturated heterocycles. The minimum atomic E-state index is 0.224. The molecule has 0 radical (unpaired) electrons. The van der Waals surface area contributed by atoms with Gasteiger partial charge in [-0.25, -0.2) is 0 Å². The van der Waals surface area contributed by atoms with E-state index < -0.39 is 0 Å². The van der Waals surface area contributed by atoms with E-state index in [4.69, 9.17) is 0 Å². The van der Waals surface area contributed by atoms with Crippen LogP contribution in [-0.4, -0.2) is 29.9 Å². The van der Waals surface area contributed by atoms with Crippen molar-refractivity contribution in [3.63, 3.8) is 0 Å². The van der Waals surface area contributed by atoms with E-state index in [2.05, 4.69) is 38.2 Å². The highest BCUT2D eigenvalue weighted by Crippen LogP contribution is 2.09. The maximum Gasteiger partial charge on any atom is 0.224 e. The Kier molecular flexibility index (Phi) is 7.19. The minimum absolute atomic E-state index is 0.224. The summed E-state index contributed by atoms with van der Waals surface area (Å²) < 4.78 is 0. The lowest BCUT2D eigenvalue weighted by atomic mass is 10.1. The summed E-state index contributed by atoms with van der Waals surface area (Å²) in [5, 5.41) is 3.28. The summed E-state index contributed by atoms with van der Waals surface area (Å²) in [6.45, 7) is 8.72. The maximum absolute atomic E-state index is 12.2. The van der Waals surface area contributed by atoms with Crippen LogP contribution in [0.2, 0.25) is 0 Å². The number of hydrogen-bond acceptors (Lipinski definition) is 2. The average Bonchev–Trinajstić information content (AvgIpc) is 2.41. The molecule has 1 rings (SSSR count). The highest BCUT2D eigenvalue weighted by Gasteiger charge is 2.16. The largest absolute Gasteiger partial charge is 0.336 e. The van der Waals surface area contributed by atoms with Crippen molar-refractivity contribution in [1.82, 2.24) is 10.2 Å². The van der Waals surface area contributed by atoms with Crippen LogP contribution in [0.5, 0.6) is 0 Å². The third kappa shape index (κ3) is 5.88. The van der Waals surface area contributed by atoms with Gasteiger partial charge in [0.2, 0.25) is 5.91 Å². The van der Waals surface area contributed by atoms with Gasteiger partial charge in [-0.1, -0.05) is 37.3 Å². The number of nitrogens with zero attached hydrogens (tertiary/aromatic N) is 1. The van der Waals surface area contributed by atoms with Crippen molar-refractivity contribution in [2.24, 2.45) is 0 Å². The second-order valence-corrected chi connectivity index (χ2v) is 5.10. The van der Waals surface area contributed by atoms with E-state index in [1.165, 1.54) is 5.56 Å². The van der Waals surface area contributed by atoms with Crippen LogP contribution in [0.25, 0.3) is 0 Å². The molecule has 0 aliphatic heterocycles. The molecule has 3 heteroatoms. The molecule has 1 amide bonds. The van der Waals surface area contributed by atoms with Crippen LogP contribution in [-0.2, 0) is 11.3 Å². The number of amides is 1. The van der Waals surface area contributed by atoms with E-state index in [1.807, 2.05) is 23.1 Å². The third-order valence-electron chi connectivity index (χ3n) is 3.08. The summed E-state index contributed by atoms with van der Waals surface area (Å²) >= 11 is 0. The van der Waals surface area contributed by atoms with Crippen molar-refractivity contribution in [2.45, 2.75) is 46.2 Å². The molecule has 0 spiro atoms. The predicted molar refractivity (Wildman–Crippen MR) is 79.9 cm³/mol. The Morgan fingerprint density at radius 1 is 1.21 bits per heavy atom. The monoisotopic (exact) mass is 262 g/mol. The second-order valence-electron chi connectivity index (χ2n) is 5.10. The van der Waals surface area contributed by atoms with Crippen molar-refractivity contribution in [1.29, 1.82) is 0 Å². The van der Waals surface area contributed by atoms with Crippen molar-refractivity contribution in [3.8, 4) is 0 Å². The Bertz CT molecular complexity index is 362. The fourth-order valence-electron chi connectivity index (χ4n) is 1.98. The third-order valence-corrected chi connectivity index (χ3v) is 3.08. The van der Waals surface area contributed by atoms with E-state index in [0.29, 0.717) is 13.0 Å². The first kappa shape index (κ1) is 15.7. The van der Waals surface area contributed by atoms with Crippen molar-refractivity contribution < 1.29 is 4.79 Å². The van der Waals surface area contributed by atoms with Gasteiger partial charge in [0.05, 0.1) is 0 Å². The van der Waals surface area contributed by atoms with Crippen molar-refractivity contribution in [2.75, 3.05) is 13.1 Å². The van der Waals surface area contributed by atoms with Crippen LogP contribution < -0.4 is 5.32 Å². The van der Waals surface area contributed by atoms with Crippen LogP contribution >= 0.6 is 0 Å². The van der Waals surface area contributed by atoms with Gasteiger partial charge in [0, 0.05) is 25.6 Å². The van der Waals surface area contributed by atoms with E-state index in [0.717, 1.165) is 19.5 Å². The van der Waals surface area contributed by atoms with E-state index in [1.54, 1.807) is 0 Å². The van der Waals surface area contributed by atoms with Gasteiger partial charge >= 0.3 is 0 Å². The highest BCUT2D eigenvalue weighted by molar-refractivity contribution is 5.76. The second kappa shape index (κ2) is 8.70. The Balaban J connectivity index is 2.50. The van der Waals surface area contributed by atoms with Gasteiger partial charge in [0.1, 0.15) is 0 Å². The van der Waals surface area contributed by atoms with E-state index in [-0.39, 0.29) is 11.9 Å². The van der Waals surface area contributed by atoms with Gasteiger partial charge in [0.25, 0.3) is 0 Å². The van der Waals surface area contributed by atoms with Gasteiger partial charge in [0.15, 0.2) is 0 Å². The fraction of sp³-hybridized carbons (Fsp3) is 0.562. The van der Waals surface area contributed by atoms with E-state index >= 15 is 0 Å². The summed E-state index contributed by atoms with van der Waals surface area (Å²) in [6, 6.07) is 10.4. The lowest BCUT2D eigenvalue weighted by molar-refractivity contribution is -0.133. The molecule has 106 valence electrons. The molecule has 3 nitrogen and oxygen atoms in total. The summed E-state index contributed by atoms with van der Waals surface area (Å²) in [4.78, 5) is 14.2.